The Bertz CT molecular complexity index is 342. The number of rotatable bonds is 2. The Kier molecular flexibility index (Phi) is 3.39. The van der Waals surface area contributed by atoms with E-state index in [-0.39, 0.29) is 0 Å². The van der Waals surface area contributed by atoms with E-state index in [4.69, 9.17) is 0 Å². The molecule has 1 aromatic carbocycles. The van der Waals surface area contributed by atoms with E-state index < -0.39 is 11.7 Å². The van der Waals surface area contributed by atoms with E-state index in [1.165, 1.54) is 12.1 Å². The normalized spacial score (nSPS) is 12.2. The lowest BCUT2D eigenvalue weighted by atomic mass is 10.0. The van der Waals surface area contributed by atoms with Gasteiger partial charge in [-0.25, -0.2) is 0 Å². The molecule has 0 spiro atoms. The first-order chi connectivity index (χ1) is 6.80. The highest BCUT2D eigenvalue weighted by molar-refractivity contribution is 5.32. The molecule has 0 aromatic heterocycles. The van der Waals surface area contributed by atoms with E-state index in [9.17, 15) is 13.2 Å². The highest BCUT2D eigenvalue weighted by Crippen LogP contribution is 2.30. The number of hydrogen-bond donors (Lipinski definition) is 0. The Morgan fingerprint density at radius 3 is 2.20 bits per heavy atom. The molecule has 0 aliphatic heterocycles. The van der Waals surface area contributed by atoms with Crippen molar-refractivity contribution in [1.29, 1.82) is 0 Å². The molecule has 84 valence electrons. The summed E-state index contributed by atoms with van der Waals surface area (Å²) in [4.78, 5) is 1.93. The predicted molar refractivity (Wildman–Crippen MR) is 53.6 cm³/mol. The van der Waals surface area contributed by atoms with Crippen LogP contribution in [0.1, 0.15) is 16.7 Å². The molecule has 0 N–H and O–H groups in total. The summed E-state index contributed by atoms with van der Waals surface area (Å²) in [6, 6.07) is 3.86. The second kappa shape index (κ2) is 4.23. The van der Waals surface area contributed by atoms with E-state index in [1.54, 1.807) is 6.92 Å². The van der Waals surface area contributed by atoms with Gasteiger partial charge >= 0.3 is 6.18 Å². The van der Waals surface area contributed by atoms with Crippen molar-refractivity contribution < 1.29 is 13.2 Å². The van der Waals surface area contributed by atoms with Gasteiger partial charge in [-0.1, -0.05) is 6.07 Å². The molecule has 0 radical (unpaired) electrons. The third-order valence-corrected chi connectivity index (χ3v) is 2.16. The van der Waals surface area contributed by atoms with E-state index >= 15 is 0 Å². The van der Waals surface area contributed by atoms with E-state index in [0.29, 0.717) is 12.1 Å². The number of aryl methyl sites for hydroxylation is 1. The number of alkyl halides is 3. The van der Waals surface area contributed by atoms with Gasteiger partial charge in [-0.3, -0.25) is 0 Å². The maximum Gasteiger partial charge on any atom is 0.416 e. The lowest BCUT2D eigenvalue weighted by Gasteiger charge is -2.14. The number of hydrogen-bond acceptors (Lipinski definition) is 1. The van der Waals surface area contributed by atoms with Crippen molar-refractivity contribution in [2.24, 2.45) is 0 Å². The molecular weight excluding hydrogens is 203 g/mol. The van der Waals surface area contributed by atoms with Gasteiger partial charge < -0.3 is 4.90 Å². The molecule has 1 rings (SSSR count). The van der Waals surface area contributed by atoms with Crippen LogP contribution in [0.5, 0.6) is 0 Å². The van der Waals surface area contributed by atoms with Gasteiger partial charge in [0.1, 0.15) is 0 Å². The molecule has 0 unspecified atom stereocenters. The summed E-state index contributed by atoms with van der Waals surface area (Å²) in [5, 5.41) is 0. The summed E-state index contributed by atoms with van der Waals surface area (Å²) < 4.78 is 37.1. The maximum atomic E-state index is 12.4. The van der Waals surface area contributed by atoms with Crippen LogP contribution in [0, 0.1) is 6.92 Å². The summed E-state index contributed by atoms with van der Waals surface area (Å²) in [5.74, 6) is 0. The van der Waals surface area contributed by atoms with Crippen LogP contribution in [0.2, 0.25) is 0 Å². The van der Waals surface area contributed by atoms with E-state index in [2.05, 4.69) is 0 Å². The minimum absolute atomic E-state index is 0.581. The smallest absolute Gasteiger partial charge is 0.305 e. The molecule has 15 heavy (non-hydrogen) atoms. The topological polar surface area (TPSA) is 3.24 Å². The fourth-order valence-corrected chi connectivity index (χ4v) is 1.39. The zero-order valence-electron chi connectivity index (χ0n) is 9.02. The van der Waals surface area contributed by atoms with Crippen LogP contribution >= 0.6 is 0 Å². The first-order valence-corrected chi connectivity index (χ1v) is 4.62. The molecule has 0 saturated carbocycles. The average Bonchev–Trinajstić information content (AvgIpc) is 2.05. The molecule has 0 amide bonds. The monoisotopic (exact) mass is 217 g/mol. The Morgan fingerprint density at radius 1 is 1.20 bits per heavy atom. The molecule has 0 bridgehead atoms. The van der Waals surface area contributed by atoms with Gasteiger partial charge in [-0.05, 0) is 44.3 Å². The molecule has 0 atom stereocenters. The average molecular weight is 217 g/mol. The van der Waals surface area contributed by atoms with Crippen molar-refractivity contribution in [1.82, 2.24) is 4.90 Å². The zero-order chi connectivity index (χ0) is 11.6. The minimum Gasteiger partial charge on any atom is -0.305 e. The number of benzene rings is 1. The van der Waals surface area contributed by atoms with Crippen molar-refractivity contribution in [2.75, 3.05) is 14.1 Å². The summed E-state index contributed by atoms with van der Waals surface area (Å²) in [6.07, 6.45) is -4.25. The molecule has 1 nitrogen and oxygen atoms in total. The molecule has 0 saturated heterocycles. The lowest BCUT2D eigenvalue weighted by Crippen LogP contribution is -2.12. The summed E-state index contributed by atoms with van der Waals surface area (Å²) in [5.41, 5.74) is 1.02. The van der Waals surface area contributed by atoms with Crippen LogP contribution in [0.25, 0.3) is 0 Å². The van der Waals surface area contributed by atoms with Gasteiger partial charge in [0.25, 0.3) is 0 Å². The van der Waals surface area contributed by atoms with E-state index in [1.807, 2.05) is 19.0 Å². The van der Waals surface area contributed by atoms with Crippen LogP contribution in [-0.4, -0.2) is 19.0 Å². The lowest BCUT2D eigenvalue weighted by molar-refractivity contribution is -0.137. The fourth-order valence-electron chi connectivity index (χ4n) is 1.39. The molecular formula is C11H14F3N. The highest BCUT2D eigenvalue weighted by atomic mass is 19.4. The summed E-state index contributed by atoms with van der Waals surface area (Å²) in [7, 11) is 3.77. The zero-order valence-corrected chi connectivity index (χ0v) is 9.02. The SMILES string of the molecule is Cc1cc(C(F)(F)F)ccc1CN(C)C. The van der Waals surface area contributed by atoms with Crippen molar-refractivity contribution in [2.45, 2.75) is 19.6 Å². The van der Waals surface area contributed by atoms with Gasteiger partial charge in [0.15, 0.2) is 0 Å². The van der Waals surface area contributed by atoms with Crippen LogP contribution in [0.4, 0.5) is 13.2 Å². The van der Waals surface area contributed by atoms with Gasteiger partial charge in [-0.15, -0.1) is 0 Å². The Balaban J connectivity index is 2.98. The molecule has 0 heterocycles. The summed E-state index contributed by atoms with van der Waals surface area (Å²) in [6.45, 7) is 2.36. The van der Waals surface area contributed by atoms with Crippen molar-refractivity contribution >= 4 is 0 Å². The van der Waals surface area contributed by atoms with Gasteiger partial charge in [0.05, 0.1) is 5.56 Å². The first-order valence-electron chi connectivity index (χ1n) is 4.62. The van der Waals surface area contributed by atoms with Gasteiger partial charge in [-0.2, -0.15) is 13.2 Å². The standard InChI is InChI=1S/C11H14F3N/c1-8-6-10(11(12,13)14)5-4-9(8)7-15(2)3/h4-6H,7H2,1-3H3. The molecule has 1 aromatic rings. The largest absolute Gasteiger partial charge is 0.416 e. The Labute approximate surface area is 87.5 Å². The van der Waals surface area contributed by atoms with Crippen LogP contribution in [-0.2, 0) is 12.7 Å². The molecule has 0 aliphatic rings. The van der Waals surface area contributed by atoms with Crippen LogP contribution in [0.3, 0.4) is 0 Å². The fraction of sp³-hybridized carbons (Fsp3) is 0.455. The number of halogens is 3. The minimum atomic E-state index is -4.25. The predicted octanol–water partition coefficient (Wildman–Crippen LogP) is 3.08. The van der Waals surface area contributed by atoms with Crippen LogP contribution < -0.4 is 0 Å². The van der Waals surface area contributed by atoms with Crippen molar-refractivity contribution in [3.8, 4) is 0 Å². The van der Waals surface area contributed by atoms with Gasteiger partial charge in [0, 0.05) is 6.54 Å². The second-order valence-corrected chi connectivity index (χ2v) is 3.88. The molecule has 4 heteroatoms. The van der Waals surface area contributed by atoms with Crippen LogP contribution in [0.15, 0.2) is 18.2 Å². The summed E-state index contributed by atoms with van der Waals surface area (Å²) >= 11 is 0. The van der Waals surface area contributed by atoms with E-state index in [0.717, 1.165) is 11.6 Å². The number of nitrogens with zero attached hydrogens (tertiary/aromatic N) is 1. The van der Waals surface area contributed by atoms with Gasteiger partial charge in [0.2, 0.25) is 0 Å². The first kappa shape index (κ1) is 12.0. The second-order valence-electron chi connectivity index (χ2n) is 3.88. The third-order valence-electron chi connectivity index (χ3n) is 2.16. The molecule has 0 aliphatic carbocycles. The van der Waals surface area contributed by atoms with Crippen molar-refractivity contribution in [3.63, 3.8) is 0 Å². The van der Waals surface area contributed by atoms with Crippen molar-refractivity contribution in [3.05, 3.63) is 34.9 Å². The third kappa shape index (κ3) is 3.23. The molecule has 0 fully saturated rings. The highest BCUT2D eigenvalue weighted by Gasteiger charge is 2.30. The maximum absolute atomic E-state index is 12.4. The Morgan fingerprint density at radius 2 is 1.80 bits per heavy atom. The quantitative estimate of drug-likeness (QED) is 0.735. The Hall–Kier alpha value is -1.03.